The molecule has 1 atom stereocenters. The highest BCUT2D eigenvalue weighted by atomic mass is 16.3. The van der Waals surface area contributed by atoms with Crippen molar-refractivity contribution < 1.29 is 5.11 Å². The molecule has 86 valence electrons. The number of hydrogen-bond acceptors (Lipinski definition) is 3. The van der Waals surface area contributed by atoms with Gasteiger partial charge in [0, 0.05) is 11.8 Å². The van der Waals surface area contributed by atoms with Gasteiger partial charge in [-0.15, -0.1) is 0 Å². The molecule has 0 aliphatic heterocycles. The second-order valence-electron chi connectivity index (χ2n) is 3.83. The number of aliphatic hydroxyl groups excluding tert-OH is 1. The Balaban J connectivity index is 2.07. The van der Waals surface area contributed by atoms with Crippen molar-refractivity contribution in [1.29, 1.82) is 5.26 Å². The van der Waals surface area contributed by atoms with Gasteiger partial charge in [0.25, 0.3) is 0 Å². The van der Waals surface area contributed by atoms with Gasteiger partial charge in [0.2, 0.25) is 0 Å². The van der Waals surface area contributed by atoms with Crippen molar-refractivity contribution in [1.82, 2.24) is 9.78 Å². The fourth-order valence-corrected chi connectivity index (χ4v) is 1.61. The molecule has 1 N–H and O–H groups in total. The Bertz CT molecular complexity index is 513. The van der Waals surface area contributed by atoms with Crippen molar-refractivity contribution in [3.8, 4) is 6.07 Å². The monoisotopic (exact) mass is 227 g/mol. The number of benzene rings is 1. The molecule has 4 heteroatoms. The third kappa shape index (κ3) is 2.92. The second kappa shape index (κ2) is 5.28. The van der Waals surface area contributed by atoms with E-state index in [-0.39, 0.29) is 6.42 Å². The van der Waals surface area contributed by atoms with Gasteiger partial charge >= 0.3 is 0 Å². The lowest BCUT2D eigenvalue weighted by atomic mass is 10.1. The summed E-state index contributed by atoms with van der Waals surface area (Å²) >= 11 is 0. The summed E-state index contributed by atoms with van der Waals surface area (Å²) in [6, 6.07) is 11.9. The third-order valence-corrected chi connectivity index (χ3v) is 2.51. The SMILES string of the molecule is N#CCC(O)c1cnn(Cc2ccccc2)c1. The molecule has 2 rings (SSSR count). The minimum absolute atomic E-state index is 0.0943. The average molecular weight is 227 g/mol. The Morgan fingerprint density at radius 2 is 2.12 bits per heavy atom. The maximum Gasteiger partial charge on any atom is 0.0950 e. The van der Waals surface area contributed by atoms with Crippen molar-refractivity contribution in [2.45, 2.75) is 19.1 Å². The minimum atomic E-state index is -0.746. The second-order valence-corrected chi connectivity index (χ2v) is 3.83. The predicted octanol–water partition coefficient (Wildman–Crippen LogP) is 1.88. The van der Waals surface area contributed by atoms with Crippen LogP contribution in [0.15, 0.2) is 42.7 Å². The fourth-order valence-electron chi connectivity index (χ4n) is 1.61. The van der Waals surface area contributed by atoms with E-state index in [0.717, 1.165) is 5.56 Å². The molecule has 0 saturated carbocycles. The zero-order valence-electron chi connectivity index (χ0n) is 9.32. The molecule has 1 unspecified atom stereocenters. The molecule has 1 aromatic carbocycles. The van der Waals surface area contributed by atoms with Gasteiger partial charge in [-0.25, -0.2) is 0 Å². The van der Waals surface area contributed by atoms with Crippen molar-refractivity contribution in [2.75, 3.05) is 0 Å². The Morgan fingerprint density at radius 1 is 1.35 bits per heavy atom. The number of hydrogen-bond donors (Lipinski definition) is 1. The smallest absolute Gasteiger partial charge is 0.0950 e. The van der Waals surface area contributed by atoms with E-state index in [4.69, 9.17) is 5.26 Å². The number of nitrogens with zero attached hydrogens (tertiary/aromatic N) is 3. The van der Waals surface area contributed by atoms with Crippen LogP contribution in [0.1, 0.15) is 23.7 Å². The molecule has 0 saturated heterocycles. The summed E-state index contributed by atoms with van der Waals surface area (Å²) in [5.41, 5.74) is 1.83. The lowest BCUT2D eigenvalue weighted by molar-refractivity contribution is 0.183. The molecule has 0 aliphatic rings. The van der Waals surface area contributed by atoms with Gasteiger partial charge in [0.1, 0.15) is 0 Å². The standard InChI is InChI=1S/C13H13N3O/c14-7-6-13(17)12-8-15-16(10-12)9-11-4-2-1-3-5-11/h1-5,8,10,13,17H,6,9H2. The van der Waals surface area contributed by atoms with Gasteiger partial charge in [-0.05, 0) is 5.56 Å². The number of rotatable bonds is 4. The maximum atomic E-state index is 9.62. The summed E-state index contributed by atoms with van der Waals surface area (Å²) in [5.74, 6) is 0. The topological polar surface area (TPSA) is 61.8 Å². The van der Waals surface area contributed by atoms with Gasteiger partial charge in [-0.1, -0.05) is 30.3 Å². The largest absolute Gasteiger partial charge is 0.387 e. The van der Waals surface area contributed by atoms with Gasteiger partial charge < -0.3 is 5.11 Å². The zero-order chi connectivity index (χ0) is 12.1. The van der Waals surface area contributed by atoms with Gasteiger partial charge in [0.05, 0.1) is 31.3 Å². The van der Waals surface area contributed by atoms with Crippen LogP contribution in [0.25, 0.3) is 0 Å². The van der Waals surface area contributed by atoms with E-state index < -0.39 is 6.10 Å². The van der Waals surface area contributed by atoms with E-state index in [9.17, 15) is 5.11 Å². The Hall–Kier alpha value is -2.12. The quantitative estimate of drug-likeness (QED) is 0.867. The van der Waals surface area contributed by atoms with E-state index >= 15 is 0 Å². The van der Waals surface area contributed by atoms with E-state index in [2.05, 4.69) is 5.10 Å². The molecule has 2 aromatic rings. The van der Waals surface area contributed by atoms with E-state index in [1.54, 1.807) is 17.1 Å². The molecule has 0 radical (unpaired) electrons. The summed E-state index contributed by atoms with van der Waals surface area (Å²) in [7, 11) is 0. The number of nitriles is 1. The van der Waals surface area contributed by atoms with Gasteiger partial charge in [-0.2, -0.15) is 10.4 Å². The van der Waals surface area contributed by atoms with Crippen LogP contribution in [-0.4, -0.2) is 14.9 Å². The summed E-state index contributed by atoms with van der Waals surface area (Å²) < 4.78 is 1.76. The molecule has 1 heterocycles. The van der Waals surface area contributed by atoms with Crippen molar-refractivity contribution in [2.24, 2.45) is 0 Å². The lowest BCUT2D eigenvalue weighted by Gasteiger charge is -2.02. The van der Waals surface area contributed by atoms with Crippen molar-refractivity contribution in [3.05, 3.63) is 53.9 Å². The first-order chi connectivity index (χ1) is 8.29. The first-order valence-corrected chi connectivity index (χ1v) is 5.41. The van der Waals surface area contributed by atoms with Gasteiger partial charge in [-0.3, -0.25) is 4.68 Å². The number of aliphatic hydroxyl groups is 1. The molecule has 4 nitrogen and oxygen atoms in total. The van der Waals surface area contributed by atoms with Crippen LogP contribution in [0.3, 0.4) is 0 Å². The molecular weight excluding hydrogens is 214 g/mol. The summed E-state index contributed by atoms with van der Waals surface area (Å²) in [4.78, 5) is 0. The highest BCUT2D eigenvalue weighted by Gasteiger charge is 2.09. The van der Waals surface area contributed by atoms with Crippen LogP contribution >= 0.6 is 0 Å². The van der Waals surface area contributed by atoms with Gasteiger partial charge in [0.15, 0.2) is 0 Å². The average Bonchev–Trinajstić information content (AvgIpc) is 2.79. The van der Waals surface area contributed by atoms with E-state index in [1.807, 2.05) is 36.4 Å². The molecular formula is C13H13N3O. The normalized spacial score (nSPS) is 12.0. The molecule has 17 heavy (non-hydrogen) atoms. The van der Waals surface area contributed by atoms with Crippen LogP contribution in [0.4, 0.5) is 0 Å². The van der Waals surface area contributed by atoms with Crippen LogP contribution in [0, 0.1) is 11.3 Å². The summed E-state index contributed by atoms with van der Waals surface area (Å²) in [6.45, 7) is 0.667. The Kier molecular flexibility index (Phi) is 3.53. The van der Waals surface area contributed by atoms with E-state index in [1.165, 1.54) is 0 Å². The third-order valence-electron chi connectivity index (χ3n) is 2.51. The first kappa shape index (κ1) is 11.4. The van der Waals surface area contributed by atoms with Crippen LogP contribution < -0.4 is 0 Å². The minimum Gasteiger partial charge on any atom is -0.387 e. The molecule has 0 aliphatic carbocycles. The molecule has 0 bridgehead atoms. The van der Waals surface area contributed by atoms with E-state index in [0.29, 0.717) is 12.1 Å². The van der Waals surface area contributed by atoms with Crippen LogP contribution in [0.2, 0.25) is 0 Å². The maximum absolute atomic E-state index is 9.62. The zero-order valence-corrected chi connectivity index (χ0v) is 9.32. The molecule has 0 spiro atoms. The Labute approximate surface area is 99.7 Å². The Morgan fingerprint density at radius 3 is 2.82 bits per heavy atom. The molecule has 1 aromatic heterocycles. The fraction of sp³-hybridized carbons (Fsp3) is 0.231. The first-order valence-electron chi connectivity index (χ1n) is 5.41. The van der Waals surface area contributed by atoms with Crippen LogP contribution in [-0.2, 0) is 6.54 Å². The summed E-state index contributed by atoms with van der Waals surface area (Å²) in [5, 5.41) is 22.3. The van der Waals surface area contributed by atoms with Crippen LogP contribution in [0.5, 0.6) is 0 Å². The lowest BCUT2D eigenvalue weighted by Crippen LogP contribution is -2.00. The highest BCUT2D eigenvalue weighted by Crippen LogP contribution is 2.15. The molecule has 0 fully saturated rings. The van der Waals surface area contributed by atoms with Crippen molar-refractivity contribution in [3.63, 3.8) is 0 Å². The summed E-state index contributed by atoms with van der Waals surface area (Å²) in [6.07, 6.45) is 2.72. The highest BCUT2D eigenvalue weighted by molar-refractivity contribution is 5.16. The number of aromatic nitrogens is 2. The molecule has 0 amide bonds. The van der Waals surface area contributed by atoms with Crippen molar-refractivity contribution >= 4 is 0 Å². The predicted molar refractivity (Wildman–Crippen MR) is 63.0 cm³/mol.